The zero-order chi connectivity index (χ0) is 18.0. The average Bonchev–Trinajstić information content (AvgIpc) is 2.89. The van der Waals surface area contributed by atoms with Gasteiger partial charge >= 0.3 is 0 Å². The van der Waals surface area contributed by atoms with Gasteiger partial charge in [-0.2, -0.15) is 0 Å². The third kappa shape index (κ3) is 3.91. The highest BCUT2D eigenvalue weighted by molar-refractivity contribution is 5.34. The number of morpholine rings is 1. The minimum atomic E-state index is -0.103. The standard InChI is InChI=1S/C17H25N5O3/c1-12-15(13(2)25-19-12)11-22-7-8-24-14(10-22)9-21(4)16-17(23)20(3)6-5-18-16/h5-6,14H,7-11H2,1-4H3/t14-/m1/s1. The first kappa shape index (κ1) is 17.6. The molecule has 0 bridgehead atoms. The van der Waals surface area contributed by atoms with Crippen molar-refractivity contribution in [1.82, 2.24) is 19.6 Å². The number of hydrogen-bond acceptors (Lipinski definition) is 7. The summed E-state index contributed by atoms with van der Waals surface area (Å²) >= 11 is 0. The molecule has 8 nitrogen and oxygen atoms in total. The number of aromatic nitrogens is 3. The molecular formula is C17H25N5O3. The summed E-state index contributed by atoms with van der Waals surface area (Å²) in [6.07, 6.45) is 3.31. The first-order chi connectivity index (χ1) is 12.0. The van der Waals surface area contributed by atoms with Gasteiger partial charge in [0.1, 0.15) is 5.76 Å². The van der Waals surface area contributed by atoms with Crippen LogP contribution in [0.1, 0.15) is 17.0 Å². The predicted molar refractivity (Wildman–Crippen MR) is 93.7 cm³/mol. The predicted octanol–water partition coefficient (Wildman–Crippen LogP) is 0.722. The van der Waals surface area contributed by atoms with E-state index in [4.69, 9.17) is 9.26 Å². The molecule has 3 heterocycles. The Balaban J connectivity index is 1.63. The van der Waals surface area contributed by atoms with Crippen LogP contribution in [0.3, 0.4) is 0 Å². The average molecular weight is 347 g/mol. The maximum Gasteiger partial charge on any atom is 0.293 e. The molecule has 0 saturated carbocycles. The molecule has 1 fully saturated rings. The third-order valence-corrected chi connectivity index (χ3v) is 4.62. The SMILES string of the molecule is Cc1noc(C)c1CN1CCO[C@H](CN(C)c2nccn(C)c2=O)C1. The first-order valence-corrected chi connectivity index (χ1v) is 8.44. The molecule has 0 radical (unpaired) electrons. The van der Waals surface area contributed by atoms with Gasteiger partial charge in [0.05, 0.1) is 18.4 Å². The molecule has 0 unspecified atom stereocenters. The number of hydrogen-bond donors (Lipinski definition) is 0. The molecule has 0 N–H and O–H groups in total. The maximum absolute atomic E-state index is 12.2. The molecule has 8 heteroatoms. The number of anilines is 1. The number of aryl methyl sites for hydroxylation is 3. The van der Waals surface area contributed by atoms with Crippen LogP contribution in [0, 0.1) is 13.8 Å². The van der Waals surface area contributed by atoms with Gasteiger partial charge < -0.3 is 18.7 Å². The fraction of sp³-hybridized carbons (Fsp3) is 0.588. The molecule has 1 aliphatic heterocycles. The van der Waals surface area contributed by atoms with Crippen molar-refractivity contribution in [3.8, 4) is 0 Å². The molecule has 25 heavy (non-hydrogen) atoms. The zero-order valence-corrected chi connectivity index (χ0v) is 15.2. The Labute approximate surface area is 147 Å². The van der Waals surface area contributed by atoms with E-state index in [1.165, 1.54) is 4.57 Å². The molecule has 0 spiro atoms. The molecule has 1 atom stereocenters. The maximum atomic E-state index is 12.2. The highest BCUT2D eigenvalue weighted by Gasteiger charge is 2.24. The number of ether oxygens (including phenoxy) is 1. The lowest BCUT2D eigenvalue weighted by molar-refractivity contribution is -0.0266. The van der Waals surface area contributed by atoms with Crippen molar-refractivity contribution in [2.75, 3.05) is 38.2 Å². The van der Waals surface area contributed by atoms with Crippen LogP contribution in [-0.4, -0.2) is 59.0 Å². The lowest BCUT2D eigenvalue weighted by Gasteiger charge is -2.34. The molecule has 3 rings (SSSR count). The van der Waals surface area contributed by atoms with Crippen molar-refractivity contribution in [2.24, 2.45) is 7.05 Å². The van der Waals surface area contributed by atoms with Crippen LogP contribution >= 0.6 is 0 Å². The fourth-order valence-electron chi connectivity index (χ4n) is 3.12. The zero-order valence-electron chi connectivity index (χ0n) is 15.2. The summed E-state index contributed by atoms with van der Waals surface area (Å²) in [7, 11) is 3.60. The van der Waals surface area contributed by atoms with E-state index < -0.39 is 0 Å². The Bertz CT molecular complexity index is 765. The van der Waals surface area contributed by atoms with Gasteiger partial charge in [-0.3, -0.25) is 9.69 Å². The molecule has 2 aromatic rings. The summed E-state index contributed by atoms with van der Waals surface area (Å²) in [6.45, 7) is 7.66. The van der Waals surface area contributed by atoms with Crippen molar-refractivity contribution in [1.29, 1.82) is 0 Å². The first-order valence-electron chi connectivity index (χ1n) is 8.44. The molecular weight excluding hydrogens is 322 g/mol. The van der Waals surface area contributed by atoms with Crippen LogP contribution in [0.5, 0.6) is 0 Å². The quantitative estimate of drug-likeness (QED) is 0.789. The lowest BCUT2D eigenvalue weighted by Crippen LogP contribution is -2.47. The van der Waals surface area contributed by atoms with Crippen LogP contribution in [0.15, 0.2) is 21.7 Å². The molecule has 1 saturated heterocycles. The topological polar surface area (TPSA) is 76.6 Å². The van der Waals surface area contributed by atoms with Gasteiger partial charge in [-0.1, -0.05) is 5.16 Å². The second kappa shape index (κ2) is 7.37. The van der Waals surface area contributed by atoms with Gasteiger partial charge in [-0.05, 0) is 13.8 Å². The summed E-state index contributed by atoms with van der Waals surface area (Å²) in [6, 6.07) is 0. The summed E-state index contributed by atoms with van der Waals surface area (Å²) in [5.41, 5.74) is 1.98. The monoisotopic (exact) mass is 347 g/mol. The summed E-state index contributed by atoms with van der Waals surface area (Å²) in [5, 5.41) is 4.02. The molecule has 0 aromatic carbocycles. The molecule has 0 aliphatic carbocycles. The molecule has 1 aliphatic rings. The van der Waals surface area contributed by atoms with E-state index in [9.17, 15) is 4.79 Å². The van der Waals surface area contributed by atoms with Crippen molar-refractivity contribution in [3.63, 3.8) is 0 Å². The van der Waals surface area contributed by atoms with Gasteiger partial charge in [0.25, 0.3) is 5.56 Å². The van der Waals surface area contributed by atoms with Gasteiger partial charge in [-0.25, -0.2) is 4.98 Å². The number of rotatable bonds is 5. The minimum absolute atomic E-state index is 0.0194. The van der Waals surface area contributed by atoms with E-state index in [1.54, 1.807) is 19.4 Å². The molecule has 136 valence electrons. The van der Waals surface area contributed by atoms with E-state index in [2.05, 4.69) is 15.0 Å². The van der Waals surface area contributed by atoms with Crippen LogP contribution in [0.4, 0.5) is 5.82 Å². The summed E-state index contributed by atoms with van der Waals surface area (Å²) in [5.74, 6) is 1.31. The van der Waals surface area contributed by atoms with E-state index >= 15 is 0 Å². The van der Waals surface area contributed by atoms with E-state index in [0.29, 0.717) is 19.0 Å². The Morgan fingerprint density at radius 3 is 2.92 bits per heavy atom. The second-order valence-corrected chi connectivity index (χ2v) is 6.58. The van der Waals surface area contributed by atoms with Crippen LogP contribution < -0.4 is 10.5 Å². The Hall–Kier alpha value is -2.19. The van der Waals surface area contributed by atoms with Crippen molar-refractivity contribution < 1.29 is 9.26 Å². The lowest BCUT2D eigenvalue weighted by atomic mass is 10.1. The normalized spacial score (nSPS) is 18.5. The molecule has 0 amide bonds. The van der Waals surface area contributed by atoms with E-state index in [1.807, 2.05) is 25.8 Å². The highest BCUT2D eigenvalue weighted by Crippen LogP contribution is 2.17. The smallest absolute Gasteiger partial charge is 0.293 e. The fourth-order valence-corrected chi connectivity index (χ4v) is 3.12. The van der Waals surface area contributed by atoms with Crippen LogP contribution in [-0.2, 0) is 18.3 Å². The molecule has 2 aromatic heterocycles. The van der Waals surface area contributed by atoms with Gasteiger partial charge in [0.15, 0.2) is 5.82 Å². The van der Waals surface area contributed by atoms with Crippen molar-refractivity contribution in [2.45, 2.75) is 26.5 Å². The van der Waals surface area contributed by atoms with E-state index in [0.717, 1.165) is 36.7 Å². The van der Waals surface area contributed by atoms with Crippen molar-refractivity contribution in [3.05, 3.63) is 39.8 Å². The van der Waals surface area contributed by atoms with E-state index in [-0.39, 0.29) is 11.7 Å². The third-order valence-electron chi connectivity index (χ3n) is 4.62. The van der Waals surface area contributed by atoms with Crippen LogP contribution in [0.2, 0.25) is 0 Å². The second-order valence-electron chi connectivity index (χ2n) is 6.58. The van der Waals surface area contributed by atoms with Crippen LogP contribution in [0.25, 0.3) is 0 Å². The summed E-state index contributed by atoms with van der Waals surface area (Å²) in [4.78, 5) is 20.6. The Morgan fingerprint density at radius 1 is 1.40 bits per heavy atom. The minimum Gasteiger partial charge on any atom is -0.374 e. The van der Waals surface area contributed by atoms with Gasteiger partial charge in [0.2, 0.25) is 0 Å². The highest BCUT2D eigenvalue weighted by atomic mass is 16.5. The number of likely N-dealkylation sites (N-methyl/N-ethyl adjacent to an activating group) is 1. The number of nitrogens with zero attached hydrogens (tertiary/aromatic N) is 5. The van der Waals surface area contributed by atoms with Gasteiger partial charge in [-0.15, -0.1) is 0 Å². The Morgan fingerprint density at radius 2 is 2.20 bits per heavy atom. The van der Waals surface area contributed by atoms with Crippen molar-refractivity contribution >= 4 is 5.82 Å². The Kier molecular flexibility index (Phi) is 5.19. The largest absolute Gasteiger partial charge is 0.374 e. The summed E-state index contributed by atoms with van der Waals surface area (Å²) < 4.78 is 12.7. The van der Waals surface area contributed by atoms with Gasteiger partial charge in [0, 0.05) is 58.2 Å².